The van der Waals surface area contributed by atoms with Crippen LogP contribution in [0.5, 0.6) is 0 Å². The molecule has 1 N–H and O–H groups in total. The van der Waals surface area contributed by atoms with E-state index >= 15 is 0 Å². The molecule has 22 heavy (non-hydrogen) atoms. The maximum absolute atomic E-state index is 12.1. The molecule has 2 aliphatic rings. The molecule has 1 aliphatic carbocycles. The third-order valence-electron chi connectivity index (χ3n) is 4.88. The van der Waals surface area contributed by atoms with E-state index < -0.39 is 0 Å². The molecule has 2 rings (SSSR count). The molecule has 1 saturated carbocycles. The molecule has 0 spiro atoms. The summed E-state index contributed by atoms with van der Waals surface area (Å²) in [5.41, 5.74) is 0. The number of amides is 2. The minimum atomic E-state index is -0.0215. The Kier molecular flexibility index (Phi) is 7.16. The Bertz CT molecular complexity index is 359. The van der Waals surface area contributed by atoms with Gasteiger partial charge in [-0.05, 0) is 25.2 Å². The van der Waals surface area contributed by atoms with Gasteiger partial charge in [-0.25, -0.2) is 0 Å². The fourth-order valence-corrected chi connectivity index (χ4v) is 3.52. The van der Waals surface area contributed by atoms with E-state index in [0.29, 0.717) is 6.42 Å². The Balaban J connectivity index is 1.63. The molecular formula is C17H31N3O2. The zero-order valence-corrected chi connectivity index (χ0v) is 14.0. The Morgan fingerprint density at radius 2 is 1.73 bits per heavy atom. The number of rotatable bonds is 6. The van der Waals surface area contributed by atoms with Crippen LogP contribution in [0.25, 0.3) is 0 Å². The van der Waals surface area contributed by atoms with Gasteiger partial charge in [0.05, 0.1) is 6.54 Å². The van der Waals surface area contributed by atoms with Gasteiger partial charge in [-0.15, -0.1) is 0 Å². The Morgan fingerprint density at radius 1 is 1.05 bits per heavy atom. The molecule has 2 amide bonds. The highest BCUT2D eigenvalue weighted by molar-refractivity contribution is 5.84. The topological polar surface area (TPSA) is 52.7 Å². The van der Waals surface area contributed by atoms with Crippen molar-refractivity contribution in [2.75, 3.05) is 39.3 Å². The first-order valence-corrected chi connectivity index (χ1v) is 8.96. The van der Waals surface area contributed by atoms with Crippen molar-refractivity contribution in [1.82, 2.24) is 15.1 Å². The maximum Gasteiger partial charge on any atom is 0.242 e. The van der Waals surface area contributed by atoms with Crippen molar-refractivity contribution in [1.29, 1.82) is 0 Å². The summed E-state index contributed by atoms with van der Waals surface area (Å²) < 4.78 is 0. The number of nitrogens with one attached hydrogen (secondary N) is 1. The number of hydrogen-bond acceptors (Lipinski definition) is 3. The number of nitrogens with zero attached hydrogens (tertiary/aromatic N) is 2. The van der Waals surface area contributed by atoms with Gasteiger partial charge in [0.1, 0.15) is 0 Å². The van der Waals surface area contributed by atoms with Gasteiger partial charge in [0.25, 0.3) is 0 Å². The van der Waals surface area contributed by atoms with E-state index in [1.165, 1.54) is 38.6 Å². The predicted octanol–water partition coefficient (Wildman–Crippen LogP) is 1.63. The lowest BCUT2D eigenvalue weighted by atomic mass is 9.89. The normalized spacial score (nSPS) is 20.9. The fraction of sp³-hybridized carbons (Fsp3) is 0.882. The van der Waals surface area contributed by atoms with Crippen LogP contribution >= 0.6 is 0 Å². The van der Waals surface area contributed by atoms with Crippen molar-refractivity contribution in [2.45, 2.75) is 51.9 Å². The van der Waals surface area contributed by atoms with E-state index in [9.17, 15) is 9.59 Å². The first-order chi connectivity index (χ1) is 10.7. The van der Waals surface area contributed by atoms with Gasteiger partial charge in [-0.1, -0.05) is 26.2 Å². The molecule has 0 unspecified atom stereocenters. The molecule has 5 heteroatoms. The molecule has 5 nitrogen and oxygen atoms in total. The third kappa shape index (κ3) is 5.59. The lowest BCUT2D eigenvalue weighted by Crippen LogP contribution is -2.52. The molecule has 0 aromatic heterocycles. The SMILES string of the molecule is CCCC(=O)NCC(=O)N1CCN(CC2CCCCC2)CC1. The van der Waals surface area contributed by atoms with E-state index in [2.05, 4.69) is 10.2 Å². The van der Waals surface area contributed by atoms with Crippen LogP contribution in [0.15, 0.2) is 0 Å². The van der Waals surface area contributed by atoms with Gasteiger partial charge >= 0.3 is 0 Å². The highest BCUT2D eigenvalue weighted by atomic mass is 16.2. The third-order valence-corrected chi connectivity index (χ3v) is 4.88. The molecule has 0 aromatic rings. The second-order valence-corrected chi connectivity index (χ2v) is 6.71. The van der Waals surface area contributed by atoms with Crippen molar-refractivity contribution < 1.29 is 9.59 Å². The Hall–Kier alpha value is -1.10. The summed E-state index contributed by atoms with van der Waals surface area (Å²) in [5, 5.41) is 2.71. The molecule has 1 heterocycles. The van der Waals surface area contributed by atoms with E-state index in [1.54, 1.807) is 0 Å². The standard InChI is InChI=1S/C17H31N3O2/c1-2-6-16(21)18-13-17(22)20-11-9-19(10-12-20)14-15-7-4-3-5-8-15/h15H,2-14H2,1H3,(H,18,21). The lowest BCUT2D eigenvalue weighted by molar-refractivity contribution is -0.134. The summed E-state index contributed by atoms with van der Waals surface area (Å²) >= 11 is 0. The quantitative estimate of drug-likeness (QED) is 0.811. The van der Waals surface area contributed by atoms with Crippen LogP contribution in [0.4, 0.5) is 0 Å². The first kappa shape index (κ1) is 17.3. The van der Waals surface area contributed by atoms with Crippen molar-refractivity contribution >= 4 is 11.8 Å². The van der Waals surface area contributed by atoms with E-state index in [0.717, 1.165) is 38.5 Å². The van der Waals surface area contributed by atoms with Crippen LogP contribution in [0.2, 0.25) is 0 Å². The highest BCUT2D eigenvalue weighted by Crippen LogP contribution is 2.24. The summed E-state index contributed by atoms with van der Waals surface area (Å²) in [6.45, 7) is 6.88. The van der Waals surface area contributed by atoms with Crippen molar-refractivity contribution in [3.05, 3.63) is 0 Å². The van der Waals surface area contributed by atoms with Crippen LogP contribution in [0.3, 0.4) is 0 Å². The van der Waals surface area contributed by atoms with Gasteiger partial charge in [0.2, 0.25) is 11.8 Å². The summed E-state index contributed by atoms with van der Waals surface area (Å²) in [6.07, 6.45) is 8.26. The van der Waals surface area contributed by atoms with Gasteiger partial charge in [0, 0.05) is 39.1 Å². The van der Waals surface area contributed by atoms with Crippen molar-refractivity contribution in [3.8, 4) is 0 Å². The highest BCUT2D eigenvalue weighted by Gasteiger charge is 2.23. The monoisotopic (exact) mass is 309 g/mol. The zero-order chi connectivity index (χ0) is 15.8. The second kappa shape index (κ2) is 9.13. The summed E-state index contributed by atoms with van der Waals surface area (Å²) in [4.78, 5) is 27.9. The Morgan fingerprint density at radius 3 is 2.36 bits per heavy atom. The van der Waals surface area contributed by atoms with Crippen molar-refractivity contribution in [2.24, 2.45) is 5.92 Å². The average molecular weight is 309 g/mol. The molecular weight excluding hydrogens is 278 g/mol. The fourth-order valence-electron chi connectivity index (χ4n) is 3.52. The number of carbonyl (C=O) groups is 2. The van der Waals surface area contributed by atoms with Crippen LogP contribution in [-0.4, -0.2) is 60.9 Å². The van der Waals surface area contributed by atoms with Crippen LogP contribution in [-0.2, 0) is 9.59 Å². The van der Waals surface area contributed by atoms with Crippen LogP contribution in [0.1, 0.15) is 51.9 Å². The zero-order valence-electron chi connectivity index (χ0n) is 14.0. The molecule has 1 saturated heterocycles. The van der Waals surface area contributed by atoms with E-state index in [4.69, 9.17) is 0 Å². The van der Waals surface area contributed by atoms with E-state index in [1.807, 2.05) is 11.8 Å². The molecule has 0 atom stereocenters. The second-order valence-electron chi connectivity index (χ2n) is 6.71. The smallest absolute Gasteiger partial charge is 0.242 e. The predicted molar refractivity (Wildman–Crippen MR) is 87.5 cm³/mol. The minimum Gasteiger partial charge on any atom is -0.347 e. The Labute approximate surface area is 134 Å². The average Bonchev–Trinajstić information content (AvgIpc) is 2.54. The minimum absolute atomic E-state index is 0.0215. The van der Waals surface area contributed by atoms with Crippen LogP contribution < -0.4 is 5.32 Å². The van der Waals surface area contributed by atoms with Gasteiger partial charge < -0.3 is 10.2 Å². The number of piperazine rings is 1. The summed E-state index contributed by atoms with van der Waals surface area (Å²) in [6, 6.07) is 0. The molecule has 2 fully saturated rings. The molecule has 1 aliphatic heterocycles. The molecule has 0 aromatic carbocycles. The summed E-state index contributed by atoms with van der Waals surface area (Å²) in [5.74, 6) is 0.901. The van der Waals surface area contributed by atoms with Gasteiger partial charge in [-0.3, -0.25) is 14.5 Å². The largest absolute Gasteiger partial charge is 0.347 e. The molecule has 0 radical (unpaired) electrons. The summed E-state index contributed by atoms with van der Waals surface area (Å²) in [7, 11) is 0. The number of hydrogen-bond donors (Lipinski definition) is 1. The maximum atomic E-state index is 12.1. The lowest BCUT2D eigenvalue weighted by Gasteiger charge is -2.37. The van der Waals surface area contributed by atoms with E-state index in [-0.39, 0.29) is 18.4 Å². The number of carbonyl (C=O) groups excluding carboxylic acids is 2. The van der Waals surface area contributed by atoms with Gasteiger partial charge in [0.15, 0.2) is 0 Å². The molecule has 0 bridgehead atoms. The van der Waals surface area contributed by atoms with Crippen LogP contribution in [0, 0.1) is 5.92 Å². The van der Waals surface area contributed by atoms with Gasteiger partial charge in [-0.2, -0.15) is 0 Å². The molecule has 126 valence electrons. The van der Waals surface area contributed by atoms with Crippen molar-refractivity contribution in [3.63, 3.8) is 0 Å². The first-order valence-electron chi connectivity index (χ1n) is 8.96.